The third-order valence-corrected chi connectivity index (χ3v) is 5.09. The summed E-state index contributed by atoms with van der Waals surface area (Å²) in [5.41, 5.74) is 1.60. The Hall–Kier alpha value is -3.45. The third kappa shape index (κ3) is 3.27. The van der Waals surface area contributed by atoms with E-state index in [0.717, 1.165) is 6.20 Å². The molecule has 1 aliphatic rings. The van der Waals surface area contributed by atoms with Gasteiger partial charge in [0.1, 0.15) is 18.2 Å². The highest BCUT2D eigenvalue weighted by atomic mass is 19.1. The number of halogens is 1. The zero-order chi connectivity index (χ0) is 25.0. The first-order valence-electron chi connectivity index (χ1n) is 11.9. The van der Waals surface area contributed by atoms with Gasteiger partial charge < -0.3 is 14.6 Å². The molecule has 30 heavy (non-hydrogen) atoms. The van der Waals surface area contributed by atoms with Crippen LogP contribution < -0.4 is 15.6 Å². The van der Waals surface area contributed by atoms with Crippen molar-refractivity contribution in [1.29, 1.82) is 0 Å². The molecule has 0 unspecified atom stereocenters. The highest BCUT2D eigenvalue weighted by molar-refractivity contribution is 5.87. The van der Waals surface area contributed by atoms with Crippen molar-refractivity contribution in [3.05, 3.63) is 88.0 Å². The molecule has 0 fully saturated rings. The van der Waals surface area contributed by atoms with E-state index in [1.807, 2.05) is 0 Å². The van der Waals surface area contributed by atoms with Crippen molar-refractivity contribution in [1.82, 2.24) is 19.4 Å². The van der Waals surface area contributed by atoms with E-state index in [0.29, 0.717) is 52.3 Å². The smallest absolute Gasteiger partial charge is 0.258 e. The maximum atomic E-state index is 13.0. The van der Waals surface area contributed by atoms with Gasteiger partial charge in [-0.25, -0.2) is 4.39 Å². The number of nitrogens with zero attached hydrogens (tertiary/aromatic N) is 3. The largest absolute Gasteiger partial charge is 0.487 e. The van der Waals surface area contributed by atoms with Crippen LogP contribution >= 0.6 is 0 Å². The van der Waals surface area contributed by atoms with Crippen LogP contribution in [-0.2, 0) is 26.5 Å². The number of hydrogen-bond donors (Lipinski definition) is 1. The summed E-state index contributed by atoms with van der Waals surface area (Å²) in [6.07, 6.45) is 2.97. The summed E-state index contributed by atoms with van der Waals surface area (Å²) < 4.78 is 62.0. The molecule has 1 N–H and O–H groups in total. The molecule has 152 valence electrons. The molecule has 5 rings (SSSR count). The Bertz CT molecular complexity index is 1480. The van der Waals surface area contributed by atoms with Crippen LogP contribution in [0.2, 0.25) is 0 Å². The Morgan fingerprint density at radius 1 is 1.30 bits per heavy atom. The SMILES string of the molecule is [2H]C1([2H])NCCc2c1c1ccc(-n3ccc(OCc4ccc(F)cn4)cc3=O)cc1n2C([2H])([2H])[2H]. The molecule has 0 amide bonds. The number of benzene rings is 1. The van der Waals surface area contributed by atoms with Crippen LogP contribution in [0.4, 0.5) is 4.39 Å². The number of pyridine rings is 2. The van der Waals surface area contributed by atoms with Gasteiger partial charge in [0.2, 0.25) is 0 Å². The van der Waals surface area contributed by atoms with Gasteiger partial charge >= 0.3 is 0 Å². The first-order valence-corrected chi connectivity index (χ1v) is 9.44. The normalized spacial score (nSPS) is 18.0. The Morgan fingerprint density at radius 3 is 3.03 bits per heavy atom. The molecule has 1 aromatic carbocycles. The second-order valence-corrected chi connectivity index (χ2v) is 6.99. The number of rotatable bonds is 4. The molecule has 3 aromatic heterocycles. The summed E-state index contributed by atoms with van der Waals surface area (Å²) >= 11 is 0. The van der Waals surface area contributed by atoms with E-state index in [1.54, 1.807) is 24.3 Å². The minimum Gasteiger partial charge on any atom is -0.487 e. The lowest BCUT2D eigenvalue weighted by Crippen LogP contribution is -2.24. The molecule has 0 aliphatic carbocycles. The van der Waals surface area contributed by atoms with E-state index in [9.17, 15) is 9.18 Å². The van der Waals surface area contributed by atoms with E-state index in [1.165, 1.54) is 33.5 Å². The fourth-order valence-electron chi connectivity index (χ4n) is 3.60. The summed E-state index contributed by atoms with van der Waals surface area (Å²) in [5, 5.41) is 3.29. The number of aromatic nitrogens is 3. The molecule has 6 nitrogen and oxygen atoms in total. The van der Waals surface area contributed by atoms with Crippen LogP contribution in [0.5, 0.6) is 5.75 Å². The Morgan fingerprint density at radius 2 is 2.23 bits per heavy atom. The van der Waals surface area contributed by atoms with Crippen molar-refractivity contribution in [2.24, 2.45) is 6.98 Å². The first-order chi connectivity index (χ1) is 16.5. The minimum absolute atomic E-state index is 0.0589. The summed E-state index contributed by atoms with van der Waals surface area (Å²) in [6.45, 7) is -4.02. The number of ether oxygens (including phenoxy) is 1. The Labute approximate surface area is 179 Å². The van der Waals surface area contributed by atoms with E-state index in [-0.39, 0.29) is 6.61 Å². The van der Waals surface area contributed by atoms with Crippen molar-refractivity contribution in [3.63, 3.8) is 0 Å². The maximum absolute atomic E-state index is 13.0. The average molecular weight is 409 g/mol. The quantitative estimate of drug-likeness (QED) is 0.563. The van der Waals surface area contributed by atoms with E-state index in [2.05, 4.69) is 10.3 Å². The van der Waals surface area contributed by atoms with Crippen molar-refractivity contribution in [2.75, 3.05) is 6.54 Å². The molecule has 0 spiro atoms. The van der Waals surface area contributed by atoms with Crippen LogP contribution in [0.1, 0.15) is 23.8 Å². The highest BCUT2D eigenvalue weighted by Crippen LogP contribution is 2.29. The van der Waals surface area contributed by atoms with Crippen molar-refractivity contribution < 1.29 is 16.0 Å². The average Bonchev–Trinajstić information content (AvgIpc) is 3.14. The lowest BCUT2D eigenvalue weighted by molar-refractivity contribution is 0.300. The van der Waals surface area contributed by atoms with Gasteiger partial charge in [0.25, 0.3) is 5.56 Å². The summed E-state index contributed by atoms with van der Waals surface area (Å²) in [7, 11) is 0. The fraction of sp³-hybridized carbons (Fsp3) is 0.217. The van der Waals surface area contributed by atoms with Gasteiger partial charge in [0.05, 0.1) is 23.1 Å². The molecule has 0 radical (unpaired) electrons. The van der Waals surface area contributed by atoms with Crippen LogP contribution in [0, 0.1) is 5.82 Å². The number of aryl methyl sites for hydroxylation is 1. The lowest BCUT2D eigenvalue weighted by Gasteiger charge is -2.14. The number of nitrogens with one attached hydrogen (secondary N) is 1. The standard InChI is InChI=1S/C23H21FN4O2/c1-27-21-6-8-25-13-20(21)19-5-4-17(10-22(19)27)28-9-7-18(11-23(28)29)30-14-16-3-2-15(24)12-26-16/h2-5,7,9-12,25H,6,8,13-14H2,1H3/i1D3,13D2. The van der Waals surface area contributed by atoms with Crippen LogP contribution in [0.15, 0.2) is 59.7 Å². The summed E-state index contributed by atoms with van der Waals surface area (Å²) in [4.78, 5) is 16.8. The van der Waals surface area contributed by atoms with Crippen molar-refractivity contribution in [2.45, 2.75) is 19.5 Å². The summed E-state index contributed by atoms with van der Waals surface area (Å²) in [5.74, 6) is -0.148. The lowest BCUT2D eigenvalue weighted by atomic mass is 10.1. The fourth-order valence-corrected chi connectivity index (χ4v) is 3.60. The monoisotopic (exact) mass is 409 g/mol. The molecule has 0 atom stereocenters. The van der Waals surface area contributed by atoms with Gasteiger partial charge in [-0.1, -0.05) is 6.07 Å². The predicted molar refractivity (Wildman–Crippen MR) is 112 cm³/mol. The van der Waals surface area contributed by atoms with E-state index in [4.69, 9.17) is 11.6 Å². The molecule has 4 aromatic rings. The number of fused-ring (bicyclic) bond motifs is 3. The van der Waals surface area contributed by atoms with Gasteiger partial charge in [0.15, 0.2) is 0 Å². The molecule has 0 saturated heterocycles. The van der Waals surface area contributed by atoms with Crippen LogP contribution in [0.3, 0.4) is 0 Å². The molecule has 4 heterocycles. The highest BCUT2D eigenvalue weighted by Gasteiger charge is 2.18. The number of hydrogen-bond acceptors (Lipinski definition) is 4. The zero-order valence-electron chi connectivity index (χ0n) is 20.9. The van der Waals surface area contributed by atoms with Gasteiger partial charge in [-0.15, -0.1) is 0 Å². The van der Waals surface area contributed by atoms with Gasteiger partial charge in [-0.2, -0.15) is 0 Å². The Kier molecular flexibility index (Phi) is 3.39. The summed E-state index contributed by atoms with van der Waals surface area (Å²) in [6, 6.07) is 10.5. The molecule has 1 aliphatic heterocycles. The molecule has 0 bridgehead atoms. The van der Waals surface area contributed by atoms with Crippen LogP contribution in [0.25, 0.3) is 16.6 Å². The van der Waals surface area contributed by atoms with Crippen LogP contribution in [-0.4, -0.2) is 20.7 Å². The topological polar surface area (TPSA) is 61.1 Å². The van der Waals surface area contributed by atoms with Crippen molar-refractivity contribution >= 4 is 10.9 Å². The van der Waals surface area contributed by atoms with Gasteiger partial charge in [0, 0.05) is 56.6 Å². The van der Waals surface area contributed by atoms with Crippen molar-refractivity contribution in [3.8, 4) is 11.4 Å². The first kappa shape index (κ1) is 13.7. The predicted octanol–water partition coefficient (Wildman–Crippen LogP) is 3.09. The zero-order valence-corrected chi connectivity index (χ0v) is 15.9. The molecular weight excluding hydrogens is 383 g/mol. The molecule has 0 saturated carbocycles. The minimum atomic E-state index is -2.52. The Balaban J connectivity index is 1.53. The second-order valence-electron chi connectivity index (χ2n) is 6.99. The molecule has 7 heteroatoms. The third-order valence-electron chi connectivity index (χ3n) is 5.09. The maximum Gasteiger partial charge on any atom is 0.258 e. The van der Waals surface area contributed by atoms with E-state index >= 15 is 0 Å². The second kappa shape index (κ2) is 7.42. The van der Waals surface area contributed by atoms with Gasteiger partial charge in [-0.05, 0) is 35.9 Å². The molecular formula is C23H21FN4O2. The van der Waals surface area contributed by atoms with E-state index < -0.39 is 24.8 Å². The van der Waals surface area contributed by atoms with Gasteiger partial charge in [-0.3, -0.25) is 14.3 Å².